The van der Waals surface area contributed by atoms with Crippen molar-refractivity contribution in [2.75, 3.05) is 16.8 Å². The molecule has 1 amide bonds. The van der Waals surface area contributed by atoms with Crippen LogP contribution in [-0.2, 0) is 4.79 Å². The third-order valence-corrected chi connectivity index (χ3v) is 3.47. The third-order valence-electron chi connectivity index (χ3n) is 2.56. The monoisotopic (exact) mass is 299 g/mol. The largest absolute Gasteiger partial charge is 0.476 e. The Bertz CT molecular complexity index is 449. The van der Waals surface area contributed by atoms with E-state index in [1.54, 1.807) is 0 Å². The SMILES string of the molecule is O=C(O)c1cnc(N2CC(CBr)CC2=O)cn1. The molecule has 1 aromatic heterocycles. The first kappa shape index (κ1) is 12.0. The Balaban J connectivity index is 2.18. The molecule has 0 aromatic carbocycles. The Morgan fingerprint density at radius 3 is 2.76 bits per heavy atom. The summed E-state index contributed by atoms with van der Waals surface area (Å²) in [6.07, 6.45) is 2.96. The summed E-state index contributed by atoms with van der Waals surface area (Å²) >= 11 is 3.34. The number of carboxylic acid groups (broad SMARTS) is 1. The Morgan fingerprint density at radius 1 is 1.53 bits per heavy atom. The number of hydrogen-bond acceptors (Lipinski definition) is 4. The van der Waals surface area contributed by atoms with Gasteiger partial charge in [-0.3, -0.25) is 9.69 Å². The molecule has 2 rings (SSSR count). The molecule has 1 aliphatic heterocycles. The third kappa shape index (κ3) is 2.44. The first-order valence-corrected chi connectivity index (χ1v) is 6.15. The number of halogens is 1. The molecule has 0 spiro atoms. The first-order valence-electron chi connectivity index (χ1n) is 5.03. The zero-order valence-electron chi connectivity index (χ0n) is 8.84. The summed E-state index contributed by atoms with van der Waals surface area (Å²) in [7, 11) is 0. The maximum absolute atomic E-state index is 11.7. The fourth-order valence-corrected chi connectivity index (χ4v) is 2.11. The molecule has 7 heteroatoms. The number of anilines is 1. The van der Waals surface area contributed by atoms with Crippen LogP contribution in [0.15, 0.2) is 12.4 Å². The van der Waals surface area contributed by atoms with E-state index in [1.165, 1.54) is 11.1 Å². The predicted molar refractivity (Wildman–Crippen MR) is 63.2 cm³/mol. The summed E-state index contributed by atoms with van der Waals surface area (Å²) < 4.78 is 0. The second-order valence-corrected chi connectivity index (χ2v) is 4.44. The van der Waals surface area contributed by atoms with Crippen molar-refractivity contribution in [1.29, 1.82) is 0 Å². The maximum atomic E-state index is 11.7. The minimum absolute atomic E-state index is 0.00757. The highest BCUT2D eigenvalue weighted by Gasteiger charge is 2.30. The lowest BCUT2D eigenvalue weighted by Gasteiger charge is -2.14. The second-order valence-electron chi connectivity index (χ2n) is 3.79. The second kappa shape index (κ2) is 4.79. The highest BCUT2D eigenvalue weighted by molar-refractivity contribution is 9.09. The quantitative estimate of drug-likeness (QED) is 0.839. The van der Waals surface area contributed by atoms with Gasteiger partial charge >= 0.3 is 5.97 Å². The summed E-state index contributed by atoms with van der Waals surface area (Å²) in [6, 6.07) is 0. The minimum Gasteiger partial charge on any atom is -0.476 e. The molecule has 2 heterocycles. The Morgan fingerprint density at radius 2 is 2.29 bits per heavy atom. The van der Waals surface area contributed by atoms with E-state index in [9.17, 15) is 9.59 Å². The van der Waals surface area contributed by atoms with E-state index in [0.29, 0.717) is 18.8 Å². The standard InChI is InChI=1S/C10H10BrN3O3/c11-2-6-1-9(15)14(5-6)8-4-12-7(3-13-8)10(16)17/h3-4,6H,1-2,5H2,(H,16,17). The van der Waals surface area contributed by atoms with Crippen LogP contribution in [0.2, 0.25) is 0 Å². The van der Waals surface area contributed by atoms with E-state index < -0.39 is 5.97 Å². The number of aromatic nitrogens is 2. The average molecular weight is 300 g/mol. The molecule has 1 saturated heterocycles. The number of rotatable bonds is 3. The van der Waals surface area contributed by atoms with Gasteiger partial charge in [0.05, 0.1) is 12.4 Å². The zero-order chi connectivity index (χ0) is 12.4. The Hall–Kier alpha value is -1.50. The van der Waals surface area contributed by atoms with Crippen molar-refractivity contribution < 1.29 is 14.7 Å². The molecule has 1 N–H and O–H groups in total. The molecule has 17 heavy (non-hydrogen) atoms. The van der Waals surface area contributed by atoms with Crippen molar-refractivity contribution in [3.63, 3.8) is 0 Å². The minimum atomic E-state index is -1.13. The molecule has 0 aliphatic carbocycles. The lowest BCUT2D eigenvalue weighted by Crippen LogP contribution is -2.26. The van der Waals surface area contributed by atoms with Crippen LogP contribution in [0.4, 0.5) is 5.82 Å². The number of alkyl halides is 1. The van der Waals surface area contributed by atoms with Crippen LogP contribution in [0.3, 0.4) is 0 Å². The van der Waals surface area contributed by atoms with E-state index in [4.69, 9.17) is 5.11 Å². The van der Waals surface area contributed by atoms with E-state index in [0.717, 1.165) is 11.5 Å². The van der Waals surface area contributed by atoms with E-state index in [1.807, 2.05) is 0 Å². The fraction of sp³-hybridized carbons (Fsp3) is 0.400. The van der Waals surface area contributed by atoms with Gasteiger partial charge in [-0.15, -0.1) is 0 Å². The molecule has 0 radical (unpaired) electrons. The van der Waals surface area contributed by atoms with Crippen LogP contribution in [0.5, 0.6) is 0 Å². The van der Waals surface area contributed by atoms with Gasteiger partial charge in [-0.05, 0) is 5.92 Å². The molecule has 1 atom stereocenters. The number of carbonyl (C=O) groups is 2. The van der Waals surface area contributed by atoms with Gasteiger partial charge in [-0.25, -0.2) is 14.8 Å². The Kier molecular flexibility index (Phi) is 3.37. The molecular weight excluding hydrogens is 290 g/mol. The number of aromatic carboxylic acids is 1. The smallest absolute Gasteiger partial charge is 0.356 e. The Labute approximate surface area is 106 Å². The van der Waals surface area contributed by atoms with E-state index >= 15 is 0 Å². The lowest BCUT2D eigenvalue weighted by atomic mass is 10.2. The van der Waals surface area contributed by atoms with Gasteiger partial charge in [0.15, 0.2) is 11.5 Å². The number of nitrogens with zero attached hydrogens (tertiary/aromatic N) is 3. The topological polar surface area (TPSA) is 83.4 Å². The molecule has 1 aliphatic rings. The van der Waals surface area contributed by atoms with Crippen LogP contribution in [0.1, 0.15) is 16.9 Å². The van der Waals surface area contributed by atoms with Gasteiger partial charge in [0, 0.05) is 18.3 Å². The normalized spacial score (nSPS) is 19.7. The maximum Gasteiger partial charge on any atom is 0.356 e. The van der Waals surface area contributed by atoms with Crippen LogP contribution >= 0.6 is 15.9 Å². The highest BCUT2D eigenvalue weighted by Crippen LogP contribution is 2.23. The molecule has 0 saturated carbocycles. The van der Waals surface area contributed by atoms with Gasteiger partial charge in [0.25, 0.3) is 0 Å². The van der Waals surface area contributed by atoms with Crippen molar-refractivity contribution in [3.8, 4) is 0 Å². The first-order chi connectivity index (χ1) is 8.11. The van der Waals surface area contributed by atoms with Gasteiger partial charge in [-0.1, -0.05) is 15.9 Å². The van der Waals surface area contributed by atoms with Crippen LogP contribution in [0.25, 0.3) is 0 Å². The van der Waals surface area contributed by atoms with Crippen molar-refractivity contribution in [2.45, 2.75) is 6.42 Å². The molecule has 1 fully saturated rings. The summed E-state index contributed by atoms with van der Waals surface area (Å²) in [5.41, 5.74) is -0.127. The number of carbonyl (C=O) groups excluding carboxylic acids is 1. The predicted octanol–water partition coefficient (Wildman–Crippen LogP) is 0.923. The fourth-order valence-electron chi connectivity index (χ4n) is 1.68. The summed E-state index contributed by atoms with van der Waals surface area (Å²) in [5, 5.41) is 9.44. The zero-order valence-corrected chi connectivity index (χ0v) is 10.4. The molecule has 6 nitrogen and oxygen atoms in total. The molecule has 90 valence electrons. The van der Waals surface area contributed by atoms with E-state index in [-0.39, 0.29) is 17.5 Å². The summed E-state index contributed by atoms with van der Waals surface area (Å²) in [5.74, 6) is -0.464. The average Bonchev–Trinajstić information content (AvgIpc) is 2.71. The molecule has 1 aromatic rings. The molecular formula is C10H10BrN3O3. The van der Waals surface area contributed by atoms with Crippen LogP contribution in [-0.4, -0.2) is 38.8 Å². The van der Waals surface area contributed by atoms with Gasteiger partial charge in [0.1, 0.15) is 0 Å². The van der Waals surface area contributed by atoms with Crippen molar-refractivity contribution in [3.05, 3.63) is 18.1 Å². The molecule has 1 unspecified atom stereocenters. The van der Waals surface area contributed by atoms with Crippen molar-refractivity contribution >= 4 is 33.6 Å². The van der Waals surface area contributed by atoms with Crippen molar-refractivity contribution in [1.82, 2.24) is 9.97 Å². The number of amides is 1. The summed E-state index contributed by atoms with van der Waals surface area (Å²) in [4.78, 5) is 31.5. The number of carboxylic acids is 1. The molecule has 0 bridgehead atoms. The summed E-state index contributed by atoms with van der Waals surface area (Å²) in [6.45, 7) is 0.588. The van der Waals surface area contributed by atoms with Crippen LogP contribution < -0.4 is 4.90 Å². The lowest BCUT2D eigenvalue weighted by molar-refractivity contribution is -0.117. The number of hydrogen-bond donors (Lipinski definition) is 1. The van der Waals surface area contributed by atoms with Crippen LogP contribution in [0, 0.1) is 5.92 Å². The van der Waals surface area contributed by atoms with Crippen molar-refractivity contribution in [2.24, 2.45) is 5.92 Å². The van der Waals surface area contributed by atoms with Gasteiger partial charge < -0.3 is 5.11 Å². The van der Waals surface area contributed by atoms with E-state index in [2.05, 4.69) is 25.9 Å². The van der Waals surface area contributed by atoms with Gasteiger partial charge in [-0.2, -0.15) is 0 Å². The van der Waals surface area contributed by atoms with Gasteiger partial charge in [0.2, 0.25) is 5.91 Å². The highest BCUT2D eigenvalue weighted by atomic mass is 79.9.